The van der Waals surface area contributed by atoms with Crippen LogP contribution in [0, 0.1) is 10.1 Å². The van der Waals surface area contributed by atoms with Gasteiger partial charge in [-0.1, -0.05) is 6.07 Å². The molecule has 0 N–H and O–H groups in total. The van der Waals surface area contributed by atoms with Gasteiger partial charge in [0.2, 0.25) is 0 Å². The van der Waals surface area contributed by atoms with Crippen molar-refractivity contribution in [2.24, 2.45) is 0 Å². The van der Waals surface area contributed by atoms with E-state index in [-0.39, 0.29) is 5.69 Å². The van der Waals surface area contributed by atoms with Crippen LogP contribution in [-0.2, 0) is 12.8 Å². The van der Waals surface area contributed by atoms with E-state index < -0.39 is 4.92 Å². The normalized spacial score (nSPS) is 12.4. The summed E-state index contributed by atoms with van der Waals surface area (Å²) >= 11 is 0. The maximum atomic E-state index is 10.8. The van der Waals surface area contributed by atoms with Gasteiger partial charge in [0.05, 0.1) is 23.4 Å². The Morgan fingerprint density at radius 2 is 1.88 bits per heavy atom. The number of nitro groups is 1. The van der Waals surface area contributed by atoms with E-state index in [1.807, 2.05) is 18.3 Å². The number of benzene rings is 2. The summed E-state index contributed by atoms with van der Waals surface area (Å²) in [4.78, 5) is 10.4. The third-order valence-corrected chi connectivity index (χ3v) is 4.35. The highest BCUT2D eigenvalue weighted by atomic mass is 16.6. The van der Waals surface area contributed by atoms with Crippen molar-refractivity contribution in [1.29, 1.82) is 0 Å². The van der Waals surface area contributed by atoms with Crippen molar-refractivity contribution < 1.29 is 9.66 Å². The summed E-state index contributed by atoms with van der Waals surface area (Å²) in [6, 6.07) is 12.5. The van der Waals surface area contributed by atoms with Gasteiger partial charge in [0, 0.05) is 23.9 Å². The molecule has 1 heterocycles. The van der Waals surface area contributed by atoms with Crippen molar-refractivity contribution in [2.75, 3.05) is 7.11 Å². The predicted octanol–water partition coefficient (Wildman–Crippen LogP) is 3.55. The van der Waals surface area contributed by atoms with Crippen molar-refractivity contribution in [2.45, 2.75) is 12.8 Å². The van der Waals surface area contributed by atoms with Gasteiger partial charge in [-0.25, -0.2) is 4.68 Å². The summed E-state index contributed by atoms with van der Waals surface area (Å²) < 4.78 is 7.10. The summed E-state index contributed by atoms with van der Waals surface area (Å²) in [6.45, 7) is 0. The summed E-state index contributed by atoms with van der Waals surface area (Å²) in [5.74, 6) is 0.812. The number of fused-ring (bicyclic) bond motifs is 3. The summed E-state index contributed by atoms with van der Waals surface area (Å²) in [5.41, 5.74) is 5.36. The van der Waals surface area contributed by atoms with Gasteiger partial charge >= 0.3 is 0 Å². The lowest BCUT2D eigenvalue weighted by molar-refractivity contribution is -0.384. The number of methoxy groups -OCH3 is 1. The number of non-ortho nitro benzene ring substituents is 1. The fraction of sp³-hybridized carbons (Fsp3) is 0.167. The standard InChI is InChI=1S/C18H15N3O3/c1-24-16-9-4-12-2-3-13-11-20(19-18(13)17(12)10-16)14-5-7-15(8-6-14)21(22)23/h4-11H,2-3H2,1H3. The Morgan fingerprint density at radius 3 is 2.58 bits per heavy atom. The molecule has 2 aromatic carbocycles. The highest BCUT2D eigenvalue weighted by Crippen LogP contribution is 2.35. The molecule has 0 atom stereocenters. The Hall–Kier alpha value is -3.15. The van der Waals surface area contributed by atoms with Gasteiger partial charge in [-0.3, -0.25) is 10.1 Å². The first-order valence-electron chi connectivity index (χ1n) is 7.66. The SMILES string of the molecule is COc1ccc2c(c1)-c1nn(-c3ccc([N+](=O)[O-])cc3)cc1CC2. The zero-order chi connectivity index (χ0) is 16.7. The number of nitrogens with zero attached hydrogens (tertiary/aromatic N) is 3. The van der Waals surface area contributed by atoms with Gasteiger partial charge in [0.1, 0.15) is 5.75 Å². The second-order valence-corrected chi connectivity index (χ2v) is 5.74. The molecule has 3 aromatic rings. The molecule has 0 spiro atoms. The molecule has 0 fully saturated rings. The van der Waals surface area contributed by atoms with Gasteiger partial charge < -0.3 is 4.74 Å². The van der Waals surface area contributed by atoms with Crippen molar-refractivity contribution in [1.82, 2.24) is 9.78 Å². The van der Waals surface area contributed by atoms with Crippen LogP contribution in [-0.4, -0.2) is 21.8 Å². The largest absolute Gasteiger partial charge is 0.497 e. The zero-order valence-corrected chi connectivity index (χ0v) is 13.1. The molecule has 24 heavy (non-hydrogen) atoms. The van der Waals surface area contributed by atoms with Crippen LogP contribution < -0.4 is 4.74 Å². The van der Waals surface area contributed by atoms with E-state index in [9.17, 15) is 10.1 Å². The minimum absolute atomic E-state index is 0.0748. The van der Waals surface area contributed by atoms with Crippen LogP contribution in [0.5, 0.6) is 5.75 Å². The second kappa shape index (κ2) is 5.49. The van der Waals surface area contributed by atoms with Gasteiger partial charge in [-0.15, -0.1) is 0 Å². The number of aryl methyl sites for hydroxylation is 2. The lowest BCUT2D eigenvalue weighted by atomic mass is 9.90. The van der Waals surface area contributed by atoms with E-state index in [0.717, 1.165) is 35.5 Å². The number of aromatic nitrogens is 2. The fourth-order valence-corrected chi connectivity index (χ4v) is 3.07. The van der Waals surface area contributed by atoms with Crippen molar-refractivity contribution in [3.63, 3.8) is 0 Å². The number of ether oxygens (including phenoxy) is 1. The number of nitro benzene ring substituents is 1. The topological polar surface area (TPSA) is 70.2 Å². The van der Waals surface area contributed by atoms with E-state index in [1.165, 1.54) is 23.3 Å². The molecule has 6 heteroatoms. The molecule has 0 aliphatic heterocycles. The minimum atomic E-state index is -0.402. The first-order valence-corrected chi connectivity index (χ1v) is 7.66. The molecular weight excluding hydrogens is 306 g/mol. The van der Waals surface area contributed by atoms with Crippen LogP contribution in [0.2, 0.25) is 0 Å². The van der Waals surface area contributed by atoms with E-state index in [2.05, 4.69) is 6.07 Å². The molecule has 0 radical (unpaired) electrons. The van der Waals surface area contributed by atoms with Gasteiger partial charge in [-0.2, -0.15) is 5.10 Å². The Kier molecular flexibility index (Phi) is 3.30. The lowest BCUT2D eigenvalue weighted by Crippen LogP contribution is -2.02. The third kappa shape index (κ3) is 2.32. The Labute approximate surface area is 138 Å². The molecule has 0 amide bonds. The fourth-order valence-electron chi connectivity index (χ4n) is 3.07. The predicted molar refractivity (Wildman–Crippen MR) is 89.6 cm³/mol. The average molecular weight is 321 g/mol. The van der Waals surface area contributed by atoms with E-state index >= 15 is 0 Å². The molecule has 0 saturated heterocycles. The Bertz CT molecular complexity index is 929. The molecule has 0 saturated carbocycles. The quantitative estimate of drug-likeness (QED) is 0.546. The van der Waals surface area contributed by atoms with Crippen molar-refractivity contribution >= 4 is 5.69 Å². The zero-order valence-electron chi connectivity index (χ0n) is 13.1. The smallest absolute Gasteiger partial charge is 0.269 e. The van der Waals surface area contributed by atoms with Crippen molar-refractivity contribution in [3.05, 3.63) is 69.9 Å². The highest BCUT2D eigenvalue weighted by Gasteiger charge is 2.21. The van der Waals surface area contributed by atoms with Gasteiger partial charge in [0.25, 0.3) is 5.69 Å². The Morgan fingerprint density at radius 1 is 1.12 bits per heavy atom. The lowest BCUT2D eigenvalue weighted by Gasteiger charge is -2.15. The first kappa shape index (κ1) is 14.4. The van der Waals surface area contributed by atoms with Crippen LogP contribution in [0.1, 0.15) is 11.1 Å². The third-order valence-electron chi connectivity index (χ3n) is 4.35. The molecular formula is C18H15N3O3. The maximum Gasteiger partial charge on any atom is 0.269 e. The minimum Gasteiger partial charge on any atom is -0.497 e. The summed E-state index contributed by atoms with van der Waals surface area (Å²) in [7, 11) is 1.65. The molecule has 4 rings (SSSR count). The number of rotatable bonds is 3. The Balaban J connectivity index is 1.77. The van der Waals surface area contributed by atoms with Crippen molar-refractivity contribution in [3.8, 4) is 22.7 Å². The van der Waals surface area contributed by atoms with E-state index in [1.54, 1.807) is 23.9 Å². The molecule has 1 aliphatic rings. The molecule has 0 unspecified atom stereocenters. The first-order chi connectivity index (χ1) is 11.7. The van der Waals surface area contributed by atoms with Crippen LogP contribution >= 0.6 is 0 Å². The average Bonchev–Trinajstić information content (AvgIpc) is 3.06. The van der Waals surface area contributed by atoms with Crippen LogP contribution in [0.15, 0.2) is 48.7 Å². The van der Waals surface area contributed by atoms with Gasteiger partial charge in [0.15, 0.2) is 0 Å². The van der Waals surface area contributed by atoms with Crippen LogP contribution in [0.3, 0.4) is 0 Å². The molecule has 6 nitrogen and oxygen atoms in total. The number of hydrogen-bond acceptors (Lipinski definition) is 4. The molecule has 0 bridgehead atoms. The monoisotopic (exact) mass is 321 g/mol. The van der Waals surface area contributed by atoms with Crippen LogP contribution in [0.4, 0.5) is 5.69 Å². The maximum absolute atomic E-state index is 10.8. The number of hydrogen-bond donors (Lipinski definition) is 0. The summed E-state index contributed by atoms with van der Waals surface area (Å²) in [6.07, 6.45) is 3.90. The van der Waals surface area contributed by atoms with E-state index in [4.69, 9.17) is 9.84 Å². The summed E-state index contributed by atoms with van der Waals surface area (Å²) in [5, 5.41) is 15.5. The second-order valence-electron chi connectivity index (χ2n) is 5.74. The molecule has 1 aliphatic carbocycles. The van der Waals surface area contributed by atoms with Crippen LogP contribution in [0.25, 0.3) is 16.9 Å². The van der Waals surface area contributed by atoms with E-state index in [0.29, 0.717) is 0 Å². The highest BCUT2D eigenvalue weighted by molar-refractivity contribution is 5.71. The molecule has 120 valence electrons. The van der Waals surface area contributed by atoms with Gasteiger partial charge in [-0.05, 0) is 48.2 Å². The molecule has 1 aromatic heterocycles.